The van der Waals surface area contributed by atoms with E-state index in [0.29, 0.717) is 0 Å². The summed E-state index contributed by atoms with van der Waals surface area (Å²) in [5.74, 6) is 0.534. The summed E-state index contributed by atoms with van der Waals surface area (Å²) in [6, 6.07) is 4.84. The van der Waals surface area contributed by atoms with Gasteiger partial charge in [0.1, 0.15) is 0 Å². The van der Waals surface area contributed by atoms with Crippen molar-refractivity contribution in [3.05, 3.63) is 44.5 Å². The van der Waals surface area contributed by atoms with E-state index in [1.807, 2.05) is 0 Å². The Kier molecular flexibility index (Phi) is 5.45. The molecule has 2 aromatic carbocycles. The molecule has 0 bridgehead atoms. The van der Waals surface area contributed by atoms with Crippen LogP contribution in [0.15, 0.2) is 24.3 Å². The minimum atomic E-state index is -0.605. The van der Waals surface area contributed by atoms with Gasteiger partial charge in [-0.25, -0.2) is 0 Å². The first-order chi connectivity index (χ1) is 12.4. The fraction of sp³-hybridized carbons (Fsp3) is 0.250. The molecule has 0 saturated carbocycles. The van der Waals surface area contributed by atoms with Crippen molar-refractivity contribution in [2.75, 3.05) is 28.4 Å². The average molecular weight is 364 g/mol. The number of nitro groups is 2. The van der Waals surface area contributed by atoms with Crippen molar-refractivity contribution in [3.8, 4) is 34.1 Å². The minimum absolute atomic E-state index is 0.101. The van der Waals surface area contributed by atoms with E-state index in [0.717, 1.165) is 0 Å². The number of nitro benzene ring substituents is 2. The molecule has 0 amide bonds. The Morgan fingerprint density at radius 3 is 1.23 bits per heavy atom. The topological polar surface area (TPSA) is 123 Å². The van der Waals surface area contributed by atoms with E-state index in [-0.39, 0.29) is 45.5 Å². The minimum Gasteiger partial charge on any atom is -0.493 e. The maximum atomic E-state index is 11.3. The molecule has 10 nitrogen and oxygen atoms in total. The second-order valence-electron chi connectivity index (χ2n) is 4.97. The van der Waals surface area contributed by atoms with Gasteiger partial charge in [0.15, 0.2) is 23.0 Å². The lowest BCUT2D eigenvalue weighted by Crippen LogP contribution is -2.00. The first-order valence-electron chi connectivity index (χ1n) is 7.19. The van der Waals surface area contributed by atoms with Gasteiger partial charge in [0.2, 0.25) is 0 Å². The second kappa shape index (κ2) is 7.55. The first kappa shape index (κ1) is 18.8. The van der Waals surface area contributed by atoms with E-state index in [1.54, 1.807) is 0 Å². The van der Waals surface area contributed by atoms with Crippen molar-refractivity contribution < 1.29 is 28.8 Å². The summed E-state index contributed by atoms with van der Waals surface area (Å²) in [5.41, 5.74) is -0.162. The highest BCUT2D eigenvalue weighted by Crippen LogP contribution is 2.48. The Hall–Kier alpha value is -3.56. The summed E-state index contributed by atoms with van der Waals surface area (Å²) in [7, 11) is 5.37. The van der Waals surface area contributed by atoms with Gasteiger partial charge in [-0.05, 0) is 0 Å². The summed E-state index contributed by atoms with van der Waals surface area (Å²) in [6.07, 6.45) is 0. The molecule has 0 spiro atoms. The van der Waals surface area contributed by atoms with E-state index >= 15 is 0 Å². The van der Waals surface area contributed by atoms with Crippen molar-refractivity contribution in [2.45, 2.75) is 0 Å². The normalized spacial score (nSPS) is 10.2. The van der Waals surface area contributed by atoms with Gasteiger partial charge in [0.05, 0.1) is 50.4 Å². The molecule has 0 unspecified atom stereocenters. The van der Waals surface area contributed by atoms with Gasteiger partial charge in [-0.3, -0.25) is 20.2 Å². The van der Waals surface area contributed by atoms with Crippen LogP contribution < -0.4 is 18.9 Å². The van der Waals surface area contributed by atoms with Gasteiger partial charge in [-0.15, -0.1) is 0 Å². The first-order valence-corrected chi connectivity index (χ1v) is 7.19. The Bertz CT molecular complexity index is 794. The SMILES string of the molecule is COc1cc([N+](=O)[O-])cc(-c2cc([N+](=O)[O-])cc(OC)c2OC)c1OC. The summed E-state index contributed by atoms with van der Waals surface area (Å²) < 4.78 is 21.0. The summed E-state index contributed by atoms with van der Waals surface area (Å²) in [5, 5.41) is 22.5. The molecular formula is C16H16N2O8. The Labute approximate surface area is 148 Å². The number of nitrogens with zero attached hydrogens (tertiary/aromatic N) is 2. The lowest BCUT2D eigenvalue weighted by Gasteiger charge is -2.16. The van der Waals surface area contributed by atoms with Gasteiger partial charge in [0.25, 0.3) is 11.4 Å². The lowest BCUT2D eigenvalue weighted by molar-refractivity contribution is -0.385. The predicted octanol–water partition coefficient (Wildman–Crippen LogP) is 3.20. The number of benzene rings is 2. The smallest absolute Gasteiger partial charge is 0.274 e. The number of methoxy groups -OCH3 is 4. The highest BCUT2D eigenvalue weighted by atomic mass is 16.6. The van der Waals surface area contributed by atoms with Crippen LogP contribution in [-0.2, 0) is 0 Å². The van der Waals surface area contributed by atoms with Gasteiger partial charge in [0, 0.05) is 23.3 Å². The zero-order valence-electron chi connectivity index (χ0n) is 14.5. The van der Waals surface area contributed by atoms with Gasteiger partial charge in [-0.2, -0.15) is 0 Å². The number of rotatable bonds is 7. The van der Waals surface area contributed by atoms with Gasteiger partial charge >= 0.3 is 0 Å². The Balaban J connectivity index is 2.93. The summed E-state index contributed by atoms with van der Waals surface area (Å²) in [4.78, 5) is 21.3. The van der Waals surface area contributed by atoms with Crippen LogP contribution in [0.25, 0.3) is 11.1 Å². The van der Waals surface area contributed by atoms with Gasteiger partial charge in [-0.1, -0.05) is 0 Å². The molecular weight excluding hydrogens is 348 g/mol. The highest BCUT2D eigenvalue weighted by Gasteiger charge is 2.26. The fourth-order valence-electron chi connectivity index (χ4n) is 2.51. The maximum absolute atomic E-state index is 11.3. The zero-order chi connectivity index (χ0) is 19.4. The molecule has 0 aliphatic carbocycles. The van der Waals surface area contributed by atoms with E-state index in [4.69, 9.17) is 18.9 Å². The Morgan fingerprint density at radius 2 is 1.00 bits per heavy atom. The van der Waals surface area contributed by atoms with Crippen molar-refractivity contribution in [1.82, 2.24) is 0 Å². The van der Waals surface area contributed by atoms with E-state index < -0.39 is 9.85 Å². The van der Waals surface area contributed by atoms with Crippen molar-refractivity contribution in [1.29, 1.82) is 0 Å². The van der Waals surface area contributed by atoms with Crippen LogP contribution in [0.1, 0.15) is 0 Å². The second-order valence-corrected chi connectivity index (χ2v) is 4.97. The maximum Gasteiger partial charge on any atom is 0.274 e. The van der Waals surface area contributed by atoms with Gasteiger partial charge < -0.3 is 18.9 Å². The molecule has 0 saturated heterocycles. The molecule has 0 radical (unpaired) electrons. The third-order valence-electron chi connectivity index (χ3n) is 3.64. The molecule has 0 atom stereocenters. The van der Waals surface area contributed by atoms with E-state index in [1.165, 1.54) is 52.7 Å². The Morgan fingerprint density at radius 1 is 0.654 bits per heavy atom. The monoisotopic (exact) mass is 364 g/mol. The highest BCUT2D eigenvalue weighted by molar-refractivity contribution is 5.84. The third-order valence-corrected chi connectivity index (χ3v) is 3.64. The van der Waals surface area contributed by atoms with Crippen molar-refractivity contribution in [3.63, 3.8) is 0 Å². The van der Waals surface area contributed by atoms with Crippen LogP contribution in [0, 0.1) is 20.2 Å². The number of hydrogen-bond acceptors (Lipinski definition) is 8. The van der Waals surface area contributed by atoms with Crippen LogP contribution in [0.5, 0.6) is 23.0 Å². The van der Waals surface area contributed by atoms with Crippen LogP contribution in [-0.4, -0.2) is 38.3 Å². The molecule has 138 valence electrons. The van der Waals surface area contributed by atoms with Crippen molar-refractivity contribution in [2.24, 2.45) is 0 Å². The van der Waals surface area contributed by atoms with E-state index in [2.05, 4.69) is 0 Å². The molecule has 10 heteroatoms. The molecule has 0 aliphatic rings. The fourth-order valence-corrected chi connectivity index (χ4v) is 2.51. The quantitative estimate of drug-likeness (QED) is 0.542. The molecule has 0 fully saturated rings. The summed E-state index contributed by atoms with van der Waals surface area (Å²) in [6.45, 7) is 0. The zero-order valence-corrected chi connectivity index (χ0v) is 14.5. The molecule has 2 aromatic rings. The largest absolute Gasteiger partial charge is 0.493 e. The number of ether oxygens (including phenoxy) is 4. The predicted molar refractivity (Wildman–Crippen MR) is 91.4 cm³/mol. The van der Waals surface area contributed by atoms with Crippen LogP contribution in [0.3, 0.4) is 0 Å². The molecule has 26 heavy (non-hydrogen) atoms. The molecule has 0 aliphatic heterocycles. The molecule has 0 N–H and O–H groups in total. The van der Waals surface area contributed by atoms with Crippen LogP contribution in [0.4, 0.5) is 11.4 Å². The lowest BCUT2D eigenvalue weighted by atomic mass is 10.0. The van der Waals surface area contributed by atoms with Crippen LogP contribution >= 0.6 is 0 Å². The van der Waals surface area contributed by atoms with Crippen LogP contribution in [0.2, 0.25) is 0 Å². The van der Waals surface area contributed by atoms with Crippen molar-refractivity contribution >= 4 is 11.4 Å². The number of hydrogen-bond donors (Lipinski definition) is 0. The number of non-ortho nitro benzene ring substituents is 2. The molecule has 0 aromatic heterocycles. The average Bonchev–Trinajstić information content (AvgIpc) is 2.65. The standard InChI is InChI=1S/C16H16N2O8/c1-23-13-7-9(17(19)20)5-11(15(13)25-3)12-6-10(18(21)22)8-14(24-2)16(12)26-4/h5-8H,1-4H3. The molecule has 0 heterocycles. The third kappa shape index (κ3) is 3.29. The molecule has 2 rings (SSSR count). The summed E-state index contributed by atoms with van der Waals surface area (Å²) >= 11 is 0. The van der Waals surface area contributed by atoms with E-state index in [9.17, 15) is 20.2 Å².